The molecule has 4 rings (SSSR count). The summed E-state index contributed by atoms with van der Waals surface area (Å²) >= 11 is 1.13. The fourth-order valence-corrected chi connectivity index (χ4v) is 4.02. The molecule has 2 aromatic heterocycles. The van der Waals surface area contributed by atoms with Gasteiger partial charge < -0.3 is 14.5 Å². The standard InChI is InChI=1S/C24H21N3O5S/c1-15-5-8-17(9-6-15)25-21(28)14-33-24-26-20-12-16(23(30)31-2)7-10-19(20)22(29)27(24)13-18-4-3-11-32-18/h3-12H,13-14H2,1-2H3,(H,25,28). The van der Waals surface area contributed by atoms with Crippen LogP contribution < -0.4 is 10.9 Å². The Kier molecular flexibility index (Phi) is 6.60. The van der Waals surface area contributed by atoms with Crippen LogP contribution in [0.3, 0.4) is 0 Å². The molecule has 0 saturated heterocycles. The molecule has 0 aliphatic heterocycles. The molecule has 168 valence electrons. The first-order chi connectivity index (χ1) is 15.9. The van der Waals surface area contributed by atoms with E-state index in [9.17, 15) is 14.4 Å². The average Bonchev–Trinajstić information content (AvgIpc) is 3.33. The van der Waals surface area contributed by atoms with Crippen molar-refractivity contribution in [3.8, 4) is 0 Å². The number of aryl methyl sites for hydroxylation is 1. The van der Waals surface area contributed by atoms with Crippen molar-refractivity contribution in [1.29, 1.82) is 0 Å². The Bertz CT molecular complexity index is 1360. The third kappa shape index (κ3) is 5.15. The van der Waals surface area contributed by atoms with Gasteiger partial charge in [0.15, 0.2) is 5.16 Å². The van der Waals surface area contributed by atoms with E-state index in [-0.39, 0.29) is 29.3 Å². The lowest BCUT2D eigenvalue weighted by Crippen LogP contribution is -2.25. The SMILES string of the molecule is COC(=O)c1ccc2c(=O)n(Cc3ccco3)c(SCC(=O)Nc3ccc(C)cc3)nc2c1. The Hall–Kier alpha value is -3.85. The number of hydrogen-bond donors (Lipinski definition) is 1. The number of furan rings is 1. The number of ether oxygens (including phenoxy) is 1. The first-order valence-corrected chi connectivity index (χ1v) is 11.1. The topological polar surface area (TPSA) is 103 Å². The monoisotopic (exact) mass is 463 g/mol. The molecule has 33 heavy (non-hydrogen) atoms. The Balaban J connectivity index is 1.65. The second-order valence-electron chi connectivity index (χ2n) is 7.29. The van der Waals surface area contributed by atoms with Gasteiger partial charge in [0, 0.05) is 5.69 Å². The number of carbonyl (C=O) groups excluding carboxylic acids is 2. The summed E-state index contributed by atoms with van der Waals surface area (Å²) in [5, 5.41) is 3.52. The number of aromatic nitrogens is 2. The van der Waals surface area contributed by atoms with E-state index in [2.05, 4.69) is 10.3 Å². The van der Waals surface area contributed by atoms with Crippen LogP contribution in [-0.4, -0.2) is 34.3 Å². The number of rotatable bonds is 7. The van der Waals surface area contributed by atoms with Crippen LogP contribution in [0.15, 0.2) is 75.2 Å². The number of hydrogen-bond acceptors (Lipinski definition) is 7. The smallest absolute Gasteiger partial charge is 0.337 e. The number of esters is 1. The number of nitrogens with one attached hydrogen (secondary N) is 1. The zero-order valence-corrected chi connectivity index (χ0v) is 18.8. The second-order valence-corrected chi connectivity index (χ2v) is 8.23. The van der Waals surface area contributed by atoms with E-state index in [1.54, 1.807) is 18.2 Å². The molecule has 0 saturated carbocycles. The van der Waals surface area contributed by atoms with Gasteiger partial charge in [-0.2, -0.15) is 0 Å². The summed E-state index contributed by atoms with van der Waals surface area (Å²) in [6, 6.07) is 15.6. The lowest BCUT2D eigenvalue weighted by Gasteiger charge is -2.13. The van der Waals surface area contributed by atoms with Crippen molar-refractivity contribution in [3.05, 3.63) is 88.1 Å². The molecule has 2 aromatic carbocycles. The predicted octanol–water partition coefficient (Wildman–Crippen LogP) is 3.86. The zero-order valence-electron chi connectivity index (χ0n) is 18.0. The molecule has 0 bridgehead atoms. The number of amides is 1. The van der Waals surface area contributed by atoms with Crippen molar-refractivity contribution in [3.63, 3.8) is 0 Å². The normalized spacial score (nSPS) is 10.8. The van der Waals surface area contributed by atoms with Crippen LogP contribution in [0, 0.1) is 6.92 Å². The maximum atomic E-state index is 13.2. The van der Waals surface area contributed by atoms with Gasteiger partial charge in [0.25, 0.3) is 5.56 Å². The summed E-state index contributed by atoms with van der Waals surface area (Å²) in [5.74, 6) is -0.132. The molecule has 1 N–H and O–H groups in total. The van der Waals surface area contributed by atoms with Gasteiger partial charge in [-0.05, 0) is 49.4 Å². The van der Waals surface area contributed by atoms with Crippen LogP contribution >= 0.6 is 11.8 Å². The van der Waals surface area contributed by atoms with Crippen molar-refractivity contribution >= 4 is 40.2 Å². The number of anilines is 1. The van der Waals surface area contributed by atoms with Crippen LogP contribution in [-0.2, 0) is 16.1 Å². The minimum atomic E-state index is -0.523. The van der Waals surface area contributed by atoms with E-state index in [4.69, 9.17) is 9.15 Å². The highest BCUT2D eigenvalue weighted by Crippen LogP contribution is 2.21. The number of nitrogens with zero attached hydrogens (tertiary/aromatic N) is 2. The summed E-state index contributed by atoms with van der Waals surface area (Å²) < 4.78 is 11.6. The van der Waals surface area contributed by atoms with Gasteiger partial charge in [0.2, 0.25) is 5.91 Å². The molecule has 1 amide bonds. The van der Waals surface area contributed by atoms with Crippen LogP contribution in [0.2, 0.25) is 0 Å². The lowest BCUT2D eigenvalue weighted by molar-refractivity contribution is -0.113. The lowest BCUT2D eigenvalue weighted by atomic mass is 10.1. The fraction of sp³-hybridized carbons (Fsp3) is 0.167. The van der Waals surface area contributed by atoms with Gasteiger partial charge in [-0.3, -0.25) is 14.2 Å². The van der Waals surface area contributed by atoms with Crippen molar-refractivity contribution in [2.45, 2.75) is 18.6 Å². The molecule has 8 nitrogen and oxygen atoms in total. The number of carbonyl (C=O) groups is 2. The highest BCUT2D eigenvalue weighted by Gasteiger charge is 2.16. The highest BCUT2D eigenvalue weighted by atomic mass is 32.2. The van der Waals surface area contributed by atoms with Crippen LogP contribution in [0.1, 0.15) is 21.7 Å². The highest BCUT2D eigenvalue weighted by molar-refractivity contribution is 7.99. The Morgan fingerprint density at radius 3 is 2.64 bits per heavy atom. The minimum Gasteiger partial charge on any atom is -0.467 e. The summed E-state index contributed by atoms with van der Waals surface area (Å²) in [7, 11) is 1.29. The molecule has 0 fully saturated rings. The van der Waals surface area contributed by atoms with Crippen LogP contribution in [0.25, 0.3) is 10.9 Å². The maximum Gasteiger partial charge on any atom is 0.337 e. The van der Waals surface area contributed by atoms with Crippen LogP contribution in [0.4, 0.5) is 5.69 Å². The molecule has 4 aromatic rings. The number of thioether (sulfide) groups is 1. The molecular formula is C24H21N3O5S. The molecule has 2 heterocycles. The van der Waals surface area contributed by atoms with Gasteiger partial charge in [-0.1, -0.05) is 29.5 Å². The molecule has 0 radical (unpaired) electrons. The van der Waals surface area contributed by atoms with Gasteiger partial charge in [0.05, 0.1) is 42.1 Å². The van der Waals surface area contributed by atoms with E-state index in [0.29, 0.717) is 27.5 Å². The van der Waals surface area contributed by atoms with Gasteiger partial charge in [-0.15, -0.1) is 0 Å². The zero-order chi connectivity index (χ0) is 23.4. The van der Waals surface area contributed by atoms with Gasteiger partial charge in [0.1, 0.15) is 5.76 Å². The summed E-state index contributed by atoms with van der Waals surface area (Å²) in [4.78, 5) is 42.2. The Morgan fingerprint density at radius 1 is 1.15 bits per heavy atom. The summed E-state index contributed by atoms with van der Waals surface area (Å²) in [6.07, 6.45) is 1.53. The van der Waals surface area contributed by atoms with Crippen LogP contribution in [0.5, 0.6) is 0 Å². The van der Waals surface area contributed by atoms with Gasteiger partial charge in [-0.25, -0.2) is 9.78 Å². The molecular weight excluding hydrogens is 442 g/mol. The quantitative estimate of drug-likeness (QED) is 0.252. The largest absolute Gasteiger partial charge is 0.467 e. The van der Waals surface area contributed by atoms with E-state index in [1.807, 2.05) is 31.2 Å². The first-order valence-electron chi connectivity index (χ1n) is 10.1. The molecule has 0 aliphatic carbocycles. The van der Waals surface area contributed by atoms with E-state index in [1.165, 1.54) is 30.1 Å². The summed E-state index contributed by atoms with van der Waals surface area (Å²) in [5.41, 5.74) is 2.12. The minimum absolute atomic E-state index is 0.0423. The Labute approximate surface area is 193 Å². The molecule has 0 atom stereocenters. The third-order valence-corrected chi connectivity index (χ3v) is 5.88. The van der Waals surface area contributed by atoms with E-state index in [0.717, 1.165) is 17.3 Å². The van der Waals surface area contributed by atoms with Gasteiger partial charge >= 0.3 is 5.97 Å². The number of fused-ring (bicyclic) bond motifs is 1. The van der Waals surface area contributed by atoms with E-state index < -0.39 is 5.97 Å². The maximum absolute atomic E-state index is 13.2. The second kappa shape index (κ2) is 9.74. The molecule has 0 spiro atoms. The number of benzene rings is 2. The first kappa shape index (κ1) is 22.3. The average molecular weight is 464 g/mol. The van der Waals surface area contributed by atoms with E-state index >= 15 is 0 Å². The molecule has 0 unspecified atom stereocenters. The third-order valence-electron chi connectivity index (χ3n) is 4.90. The summed E-state index contributed by atoms with van der Waals surface area (Å²) in [6.45, 7) is 2.13. The van der Waals surface area contributed by atoms with Crippen molar-refractivity contribution in [1.82, 2.24) is 9.55 Å². The fourth-order valence-electron chi connectivity index (χ4n) is 3.22. The molecule has 0 aliphatic rings. The number of methoxy groups -OCH3 is 1. The predicted molar refractivity (Wildman–Crippen MR) is 126 cm³/mol. The Morgan fingerprint density at radius 2 is 1.94 bits per heavy atom. The van der Waals surface area contributed by atoms with Crippen molar-refractivity contribution in [2.24, 2.45) is 0 Å². The van der Waals surface area contributed by atoms with Crippen molar-refractivity contribution in [2.75, 3.05) is 18.2 Å². The molecule has 9 heteroatoms. The van der Waals surface area contributed by atoms with Crippen molar-refractivity contribution < 1.29 is 18.7 Å².